The normalized spacial score (nSPS) is 29.1. The Hall–Kier alpha value is -0.610. The predicted octanol–water partition coefficient (Wildman–Crippen LogP) is 2.66. The summed E-state index contributed by atoms with van der Waals surface area (Å²) in [5.74, 6) is 0.722. The summed E-state index contributed by atoms with van der Waals surface area (Å²) in [6, 6.07) is 9.84. The smallest absolute Gasteiger partial charge is 0.0623 e. The van der Waals surface area contributed by atoms with Crippen LogP contribution < -0.4 is 10.6 Å². The molecule has 1 aromatic carbocycles. The average molecular weight is 311 g/mol. The second kappa shape index (κ2) is 8.14. The topological polar surface area (TPSA) is 33.3 Å². The molecule has 0 radical (unpaired) electrons. The molecule has 3 unspecified atom stereocenters. The first-order valence-electron chi connectivity index (χ1n) is 7.93. The number of benzene rings is 1. The second-order valence-corrected chi connectivity index (χ2v) is 6.14. The lowest BCUT2D eigenvalue weighted by molar-refractivity contribution is 0.0524. The van der Waals surface area contributed by atoms with Crippen molar-refractivity contribution in [2.75, 3.05) is 19.8 Å². The molecule has 3 nitrogen and oxygen atoms in total. The highest BCUT2D eigenvalue weighted by molar-refractivity contribution is 5.85. The van der Waals surface area contributed by atoms with Gasteiger partial charge in [0.05, 0.1) is 13.2 Å². The van der Waals surface area contributed by atoms with Crippen molar-refractivity contribution in [1.29, 1.82) is 0 Å². The van der Waals surface area contributed by atoms with Crippen LogP contribution in [-0.2, 0) is 11.3 Å². The van der Waals surface area contributed by atoms with Gasteiger partial charge in [0, 0.05) is 25.2 Å². The summed E-state index contributed by atoms with van der Waals surface area (Å²) in [7, 11) is 0. The molecule has 4 heteroatoms. The molecule has 1 aromatic rings. The highest BCUT2D eigenvalue weighted by atomic mass is 35.5. The van der Waals surface area contributed by atoms with Crippen molar-refractivity contribution in [3.8, 4) is 0 Å². The Kier molecular flexibility index (Phi) is 6.49. The van der Waals surface area contributed by atoms with Gasteiger partial charge in [-0.25, -0.2) is 0 Å². The minimum Gasteiger partial charge on any atom is -0.379 e. The van der Waals surface area contributed by atoms with Crippen LogP contribution in [0.3, 0.4) is 0 Å². The lowest BCUT2D eigenvalue weighted by Gasteiger charge is -2.33. The third-order valence-electron chi connectivity index (χ3n) is 4.85. The van der Waals surface area contributed by atoms with Crippen molar-refractivity contribution in [2.24, 2.45) is 5.92 Å². The molecule has 2 fully saturated rings. The molecule has 0 amide bonds. The maximum absolute atomic E-state index is 5.63. The minimum absolute atomic E-state index is 0. The van der Waals surface area contributed by atoms with E-state index in [0.29, 0.717) is 12.1 Å². The van der Waals surface area contributed by atoms with Crippen LogP contribution in [0.2, 0.25) is 0 Å². The van der Waals surface area contributed by atoms with E-state index in [1.54, 1.807) is 0 Å². The van der Waals surface area contributed by atoms with Gasteiger partial charge in [-0.05, 0) is 36.8 Å². The Balaban J connectivity index is 0.00000161. The second-order valence-electron chi connectivity index (χ2n) is 6.14. The zero-order valence-corrected chi connectivity index (χ0v) is 13.6. The number of hydrogen-bond donors (Lipinski definition) is 2. The van der Waals surface area contributed by atoms with Gasteiger partial charge in [-0.2, -0.15) is 0 Å². The van der Waals surface area contributed by atoms with Crippen molar-refractivity contribution in [3.05, 3.63) is 35.4 Å². The van der Waals surface area contributed by atoms with Gasteiger partial charge in [0.15, 0.2) is 0 Å². The van der Waals surface area contributed by atoms with Crippen molar-refractivity contribution in [2.45, 2.75) is 44.8 Å². The van der Waals surface area contributed by atoms with Crippen molar-refractivity contribution in [1.82, 2.24) is 10.6 Å². The SMILES string of the molecule is Cc1ccccc1CNC1CCCC1C1COCCN1.Cl. The fourth-order valence-corrected chi connectivity index (χ4v) is 3.63. The largest absolute Gasteiger partial charge is 0.379 e. The molecule has 2 N–H and O–H groups in total. The number of halogens is 1. The van der Waals surface area contributed by atoms with Crippen LogP contribution in [0, 0.1) is 12.8 Å². The van der Waals surface area contributed by atoms with Crippen LogP contribution in [0.15, 0.2) is 24.3 Å². The molecule has 0 spiro atoms. The predicted molar refractivity (Wildman–Crippen MR) is 89.0 cm³/mol. The summed E-state index contributed by atoms with van der Waals surface area (Å²) >= 11 is 0. The Morgan fingerprint density at radius 1 is 1.29 bits per heavy atom. The summed E-state index contributed by atoms with van der Waals surface area (Å²) in [5, 5.41) is 7.43. The van der Waals surface area contributed by atoms with Crippen LogP contribution in [0.25, 0.3) is 0 Å². The zero-order chi connectivity index (χ0) is 13.8. The molecule has 1 aliphatic carbocycles. The first kappa shape index (κ1) is 16.8. The van der Waals surface area contributed by atoms with Crippen molar-refractivity contribution < 1.29 is 4.74 Å². The third kappa shape index (κ3) is 4.19. The lowest BCUT2D eigenvalue weighted by Crippen LogP contribution is -2.50. The van der Waals surface area contributed by atoms with E-state index in [9.17, 15) is 0 Å². The van der Waals surface area contributed by atoms with Crippen LogP contribution >= 0.6 is 12.4 Å². The van der Waals surface area contributed by atoms with E-state index in [1.807, 2.05) is 0 Å². The van der Waals surface area contributed by atoms with Gasteiger partial charge in [0.2, 0.25) is 0 Å². The Bertz CT molecular complexity index is 435. The highest BCUT2D eigenvalue weighted by Gasteiger charge is 2.34. The molecule has 3 rings (SSSR count). The van der Waals surface area contributed by atoms with Crippen LogP contribution in [0.5, 0.6) is 0 Å². The van der Waals surface area contributed by atoms with Gasteiger partial charge in [-0.1, -0.05) is 30.7 Å². The molecule has 1 aliphatic heterocycles. The number of nitrogens with one attached hydrogen (secondary N) is 2. The fraction of sp³-hybridized carbons (Fsp3) is 0.647. The number of rotatable bonds is 4. The zero-order valence-electron chi connectivity index (χ0n) is 12.8. The van der Waals surface area contributed by atoms with Gasteiger partial charge in [0.25, 0.3) is 0 Å². The maximum Gasteiger partial charge on any atom is 0.0623 e. The quantitative estimate of drug-likeness (QED) is 0.897. The van der Waals surface area contributed by atoms with E-state index in [4.69, 9.17) is 4.74 Å². The first-order chi connectivity index (χ1) is 9.84. The molecule has 3 atom stereocenters. The summed E-state index contributed by atoms with van der Waals surface area (Å²) in [4.78, 5) is 0. The van der Waals surface area contributed by atoms with Gasteiger partial charge < -0.3 is 15.4 Å². The Morgan fingerprint density at radius 3 is 2.90 bits per heavy atom. The van der Waals surface area contributed by atoms with E-state index in [-0.39, 0.29) is 12.4 Å². The average Bonchev–Trinajstić information content (AvgIpc) is 2.96. The van der Waals surface area contributed by atoms with E-state index in [2.05, 4.69) is 41.8 Å². The molecule has 1 saturated carbocycles. The van der Waals surface area contributed by atoms with Crippen molar-refractivity contribution in [3.63, 3.8) is 0 Å². The molecular formula is C17H27ClN2O. The number of morpholine rings is 1. The standard InChI is InChI=1S/C17H26N2O.ClH/c1-13-5-2-3-6-14(13)11-19-16-8-4-7-15(16)17-12-20-10-9-18-17;/h2-3,5-6,15-19H,4,7-12H2,1H3;1H. The van der Waals surface area contributed by atoms with E-state index >= 15 is 0 Å². The Labute approximate surface area is 134 Å². The number of aryl methyl sites for hydroxylation is 1. The third-order valence-corrected chi connectivity index (χ3v) is 4.85. The van der Waals surface area contributed by atoms with Crippen LogP contribution in [0.1, 0.15) is 30.4 Å². The van der Waals surface area contributed by atoms with Gasteiger partial charge in [-0.15, -0.1) is 12.4 Å². The molecule has 118 valence electrons. The van der Waals surface area contributed by atoms with E-state index in [0.717, 1.165) is 32.2 Å². The van der Waals surface area contributed by atoms with E-state index < -0.39 is 0 Å². The molecular weight excluding hydrogens is 284 g/mol. The van der Waals surface area contributed by atoms with Gasteiger partial charge in [-0.3, -0.25) is 0 Å². The van der Waals surface area contributed by atoms with Gasteiger partial charge in [0.1, 0.15) is 0 Å². The lowest BCUT2D eigenvalue weighted by atomic mass is 9.93. The van der Waals surface area contributed by atoms with Crippen LogP contribution in [0.4, 0.5) is 0 Å². The minimum atomic E-state index is 0. The maximum atomic E-state index is 5.63. The molecule has 21 heavy (non-hydrogen) atoms. The van der Waals surface area contributed by atoms with Crippen molar-refractivity contribution >= 4 is 12.4 Å². The summed E-state index contributed by atoms with van der Waals surface area (Å²) < 4.78 is 5.63. The molecule has 1 heterocycles. The van der Waals surface area contributed by atoms with E-state index in [1.165, 1.54) is 30.4 Å². The number of hydrogen-bond acceptors (Lipinski definition) is 3. The fourth-order valence-electron chi connectivity index (χ4n) is 3.63. The summed E-state index contributed by atoms with van der Waals surface area (Å²) in [6.45, 7) is 5.94. The van der Waals surface area contributed by atoms with Gasteiger partial charge >= 0.3 is 0 Å². The first-order valence-corrected chi connectivity index (χ1v) is 7.93. The summed E-state index contributed by atoms with van der Waals surface area (Å²) in [5.41, 5.74) is 2.81. The Morgan fingerprint density at radius 2 is 2.14 bits per heavy atom. The molecule has 0 aromatic heterocycles. The highest BCUT2D eigenvalue weighted by Crippen LogP contribution is 2.29. The van der Waals surface area contributed by atoms with Crippen LogP contribution in [-0.4, -0.2) is 31.8 Å². The molecule has 2 aliphatic rings. The molecule has 1 saturated heterocycles. The number of ether oxygens (including phenoxy) is 1. The molecule has 0 bridgehead atoms. The summed E-state index contributed by atoms with van der Waals surface area (Å²) in [6.07, 6.45) is 3.97. The monoisotopic (exact) mass is 310 g/mol.